The number of pyridine rings is 1. The van der Waals surface area contributed by atoms with Gasteiger partial charge in [0.15, 0.2) is 0 Å². The molecule has 0 saturated carbocycles. The van der Waals surface area contributed by atoms with E-state index in [9.17, 15) is 4.79 Å². The lowest BCUT2D eigenvalue weighted by Crippen LogP contribution is -2.30. The molecule has 0 aliphatic carbocycles. The summed E-state index contributed by atoms with van der Waals surface area (Å²) in [5, 5.41) is 2.73. The van der Waals surface area contributed by atoms with Gasteiger partial charge in [-0.05, 0) is 11.3 Å². The minimum absolute atomic E-state index is 0. The topological polar surface area (TPSA) is 42.3 Å². The number of benzene rings is 1. The second kappa shape index (κ2) is 4.02. The summed E-state index contributed by atoms with van der Waals surface area (Å²) in [6, 6.07) is 7.83. The van der Waals surface area contributed by atoms with Crippen LogP contribution in [-0.4, -0.2) is 10.9 Å². The van der Waals surface area contributed by atoms with Crippen LogP contribution in [0, 0.1) is 0 Å². The first kappa shape index (κ1) is 10.8. The highest BCUT2D eigenvalue weighted by atomic mass is 35.5. The minimum Gasteiger partial charge on any atom is -0.272 e. The lowest BCUT2D eigenvalue weighted by Gasteiger charge is -2.01. The van der Waals surface area contributed by atoms with Crippen LogP contribution >= 0.6 is 12.4 Å². The second-order valence-corrected chi connectivity index (χ2v) is 3.49. The number of hydrogen-bond acceptors (Lipinski definition) is 2. The summed E-state index contributed by atoms with van der Waals surface area (Å²) < 4.78 is 0. The van der Waals surface area contributed by atoms with E-state index in [1.165, 1.54) is 0 Å². The molecule has 0 fully saturated rings. The molecule has 1 aliphatic heterocycles. The Labute approximate surface area is 97.9 Å². The first-order valence-corrected chi connectivity index (χ1v) is 4.80. The smallest absolute Gasteiger partial charge is 0.250 e. The average molecular weight is 233 g/mol. The quantitative estimate of drug-likeness (QED) is 0.680. The van der Waals surface area contributed by atoms with Crippen molar-refractivity contribution in [1.29, 1.82) is 0 Å². The molecule has 2 heterocycles. The molecular formula is C12H9ClN2O. The Hall–Kier alpha value is -1.74. The molecule has 0 unspecified atom stereocenters. The molecule has 3 rings (SSSR count). The molecule has 1 amide bonds. The third kappa shape index (κ3) is 1.59. The van der Waals surface area contributed by atoms with Gasteiger partial charge in [0.2, 0.25) is 5.91 Å². The van der Waals surface area contributed by atoms with E-state index in [0.29, 0.717) is 11.8 Å². The highest BCUT2D eigenvalue weighted by Gasteiger charge is 2.05. The van der Waals surface area contributed by atoms with Crippen molar-refractivity contribution in [3.63, 3.8) is 0 Å². The van der Waals surface area contributed by atoms with Crippen molar-refractivity contribution in [1.82, 2.24) is 4.98 Å². The van der Waals surface area contributed by atoms with Crippen LogP contribution in [0.4, 0.5) is 0 Å². The number of nitrogens with zero attached hydrogens (tertiary/aromatic N) is 2. The van der Waals surface area contributed by atoms with Crippen LogP contribution in [-0.2, 0) is 4.79 Å². The Morgan fingerprint density at radius 1 is 1.19 bits per heavy atom. The molecule has 0 atom stereocenters. The summed E-state index contributed by atoms with van der Waals surface area (Å²) in [6.07, 6.45) is 4.02. The van der Waals surface area contributed by atoms with E-state index < -0.39 is 0 Å². The number of carbonyl (C=O) groups is 1. The zero-order valence-electron chi connectivity index (χ0n) is 8.38. The Balaban J connectivity index is 0.000000963. The fourth-order valence-corrected chi connectivity index (χ4v) is 1.80. The van der Waals surface area contributed by atoms with Crippen molar-refractivity contribution < 1.29 is 4.79 Å². The van der Waals surface area contributed by atoms with Crippen molar-refractivity contribution in [2.24, 2.45) is 4.99 Å². The number of halogens is 1. The number of amides is 1. The van der Waals surface area contributed by atoms with E-state index >= 15 is 0 Å². The summed E-state index contributed by atoms with van der Waals surface area (Å²) in [6.45, 7) is 0. The predicted octanol–water partition coefficient (Wildman–Crippen LogP) is 0.987. The zero-order chi connectivity index (χ0) is 10.3. The Morgan fingerprint density at radius 2 is 2.06 bits per heavy atom. The first-order chi connectivity index (χ1) is 7.34. The average Bonchev–Trinajstić information content (AvgIpc) is 2.29. The molecule has 0 N–H and O–H groups in total. The van der Waals surface area contributed by atoms with Crippen molar-refractivity contribution in [2.45, 2.75) is 6.42 Å². The van der Waals surface area contributed by atoms with Gasteiger partial charge in [0.25, 0.3) is 0 Å². The first-order valence-electron chi connectivity index (χ1n) is 4.80. The summed E-state index contributed by atoms with van der Waals surface area (Å²) in [7, 11) is 0. The second-order valence-electron chi connectivity index (χ2n) is 3.49. The monoisotopic (exact) mass is 232 g/mol. The van der Waals surface area contributed by atoms with Gasteiger partial charge in [-0.2, -0.15) is 0 Å². The number of rotatable bonds is 0. The van der Waals surface area contributed by atoms with E-state index in [4.69, 9.17) is 0 Å². The van der Waals surface area contributed by atoms with Crippen molar-refractivity contribution in [3.8, 4) is 0 Å². The van der Waals surface area contributed by atoms with Crippen molar-refractivity contribution in [3.05, 3.63) is 41.0 Å². The van der Waals surface area contributed by atoms with Gasteiger partial charge in [0.05, 0.1) is 5.52 Å². The van der Waals surface area contributed by atoms with Crippen LogP contribution in [0.2, 0.25) is 0 Å². The maximum absolute atomic E-state index is 11.2. The Bertz CT molecular complexity index is 679. The highest BCUT2D eigenvalue weighted by Crippen LogP contribution is 2.04. The highest BCUT2D eigenvalue weighted by molar-refractivity contribution is 5.86. The largest absolute Gasteiger partial charge is 0.272 e. The Kier molecular flexibility index (Phi) is 2.71. The van der Waals surface area contributed by atoms with Gasteiger partial charge in [-0.3, -0.25) is 9.78 Å². The molecule has 1 aromatic heterocycles. The van der Waals surface area contributed by atoms with E-state index in [0.717, 1.165) is 16.1 Å². The molecule has 2 aromatic rings. The molecule has 16 heavy (non-hydrogen) atoms. The Morgan fingerprint density at radius 3 is 2.94 bits per heavy atom. The summed E-state index contributed by atoms with van der Waals surface area (Å²) in [5.41, 5.74) is 0.805. The number of aromatic nitrogens is 1. The summed E-state index contributed by atoms with van der Waals surface area (Å²) in [4.78, 5) is 19.5. The lowest BCUT2D eigenvalue weighted by molar-refractivity contribution is -0.117. The molecule has 0 spiro atoms. The SMILES string of the molecule is Cl.O=C1CC=c2ccc3cccnc3c2=N1. The van der Waals surface area contributed by atoms with Gasteiger partial charge in [0.1, 0.15) is 5.36 Å². The molecule has 4 heteroatoms. The van der Waals surface area contributed by atoms with Gasteiger partial charge < -0.3 is 0 Å². The number of carbonyl (C=O) groups excluding carboxylic acids is 1. The normalized spacial score (nSPS) is 13.4. The van der Waals surface area contributed by atoms with E-state index in [1.54, 1.807) is 6.20 Å². The molecule has 3 nitrogen and oxygen atoms in total. The fourth-order valence-electron chi connectivity index (χ4n) is 1.80. The summed E-state index contributed by atoms with van der Waals surface area (Å²) >= 11 is 0. The van der Waals surface area contributed by atoms with E-state index in [1.807, 2.05) is 30.3 Å². The molecule has 0 bridgehead atoms. The van der Waals surface area contributed by atoms with Crippen LogP contribution in [0.1, 0.15) is 6.42 Å². The van der Waals surface area contributed by atoms with Gasteiger partial charge >= 0.3 is 0 Å². The van der Waals surface area contributed by atoms with Crippen LogP contribution in [0.3, 0.4) is 0 Å². The zero-order valence-corrected chi connectivity index (χ0v) is 9.20. The summed E-state index contributed by atoms with van der Waals surface area (Å²) in [5.74, 6) is -0.0966. The van der Waals surface area contributed by atoms with Gasteiger partial charge in [-0.25, -0.2) is 4.99 Å². The fraction of sp³-hybridized carbons (Fsp3) is 0.0833. The number of hydrogen-bond donors (Lipinski definition) is 0. The van der Waals surface area contributed by atoms with Crippen molar-refractivity contribution >= 4 is 35.3 Å². The maximum atomic E-state index is 11.2. The van der Waals surface area contributed by atoms with Crippen LogP contribution in [0.25, 0.3) is 17.0 Å². The van der Waals surface area contributed by atoms with Gasteiger partial charge in [-0.1, -0.05) is 24.3 Å². The molecule has 0 saturated heterocycles. The minimum atomic E-state index is -0.0966. The van der Waals surface area contributed by atoms with E-state index in [-0.39, 0.29) is 18.3 Å². The van der Waals surface area contributed by atoms with Crippen LogP contribution < -0.4 is 10.6 Å². The number of fused-ring (bicyclic) bond motifs is 3. The molecule has 1 aliphatic rings. The van der Waals surface area contributed by atoms with E-state index in [2.05, 4.69) is 9.98 Å². The van der Waals surface area contributed by atoms with Crippen molar-refractivity contribution in [2.75, 3.05) is 0 Å². The molecule has 80 valence electrons. The standard InChI is InChI=1S/C12H8N2O.ClH/c15-10-6-5-9-4-3-8-2-1-7-13-11(8)12(9)14-10;/h1-5,7H,6H2;1H. The molecule has 1 aromatic carbocycles. The molecule has 0 radical (unpaired) electrons. The lowest BCUT2D eigenvalue weighted by atomic mass is 10.1. The third-order valence-corrected chi connectivity index (χ3v) is 2.51. The van der Waals surface area contributed by atoms with Crippen LogP contribution in [0.5, 0.6) is 0 Å². The van der Waals surface area contributed by atoms with Gasteiger partial charge in [0, 0.05) is 18.0 Å². The molecular weight excluding hydrogens is 224 g/mol. The predicted molar refractivity (Wildman–Crippen MR) is 63.9 cm³/mol. The third-order valence-electron chi connectivity index (χ3n) is 2.51. The van der Waals surface area contributed by atoms with Gasteiger partial charge in [-0.15, -0.1) is 12.4 Å². The van der Waals surface area contributed by atoms with Crippen LogP contribution in [0.15, 0.2) is 35.5 Å². The maximum Gasteiger partial charge on any atom is 0.250 e.